The standard InChI is InChI=1S/C18H23NO3.BrH/c1-13(2-3-14-4-8-16(20)9-5-14)19-12-18(22)15-6-10-17(21)11-7-15;/h4-11,13,18-22H,2-3,12H2,1H3;1H/t13-,18+;/m1./s1. The fraction of sp³-hybridized carbons (Fsp3) is 0.333. The van der Waals surface area contributed by atoms with Crippen LogP contribution >= 0.6 is 17.0 Å². The molecule has 2 aromatic carbocycles. The second-order valence-electron chi connectivity index (χ2n) is 5.62. The molecule has 0 saturated heterocycles. The van der Waals surface area contributed by atoms with Crippen molar-refractivity contribution in [1.82, 2.24) is 5.32 Å². The Morgan fingerprint density at radius 3 is 2.00 bits per heavy atom. The zero-order valence-corrected chi connectivity index (χ0v) is 14.9. The third-order valence-corrected chi connectivity index (χ3v) is 3.74. The van der Waals surface area contributed by atoms with Gasteiger partial charge in [0, 0.05) is 12.6 Å². The predicted octanol–water partition coefficient (Wildman–Crippen LogP) is 3.32. The Kier molecular flexibility index (Phi) is 8.09. The molecule has 0 aliphatic heterocycles. The van der Waals surface area contributed by atoms with Crippen LogP contribution in [0.2, 0.25) is 0 Å². The number of halogens is 1. The van der Waals surface area contributed by atoms with Gasteiger partial charge in [-0.05, 0) is 55.2 Å². The summed E-state index contributed by atoms with van der Waals surface area (Å²) in [7, 11) is 0. The maximum Gasteiger partial charge on any atom is 0.115 e. The lowest BCUT2D eigenvalue weighted by Gasteiger charge is -2.17. The van der Waals surface area contributed by atoms with Gasteiger partial charge in [-0.15, -0.1) is 17.0 Å². The molecule has 2 rings (SSSR count). The van der Waals surface area contributed by atoms with Gasteiger partial charge in [-0.25, -0.2) is 0 Å². The summed E-state index contributed by atoms with van der Waals surface area (Å²) in [5, 5.41) is 31.9. The minimum absolute atomic E-state index is 0. The molecule has 0 spiro atoms. The summed E-state index contributed by atoms with van der Waals surface area (Å²) in [5.41, 5.74) is 1.97. The normalized spacial score (nSPS) is 13.1. The van der Waals surface area contributed by atoms with Crippen molar-refractivity contribution in [2.75, 3.05) is 6.54 Å². The van der Waals surface area contributed by atoms with Crippen molar-refractivity contribution in [2.24, 2.45) is 0 Å². The monoisotopic (exact) mass is 381 g/mol. The average molecular weight is 382 g/mol. The van der Waals surface area contributed by atoms with Crippen molar-refractivity contribution in [3.05, 3.63) is 59.7 Å². The topological polar surface area (TPSA) is 72.7 Å². The first-order valence-electron chi connectivity index (χ1n) is 7.53. The SMILES string of the molecule is Br.C[C@H](CCc1ccc(O)cc1)NC[C@H](O)c1ccc(O)cc1. The number of phenols is 2. The lowest BCUT2D eigenvalue weighted by atomic mass is 10.1. The van der Waals surface area contributed by atoms with Crippen molar-refractivity contribution >= 4 is 17.0 Å². The molecule has 0 radical (unpaired) electrons. The molecular weight excluding hydrogens is 358 g/mol. The van der Waals surface area contributed by atoms with Gasteiger partial charge >= 0.3 is 0 Å². The van der Waals surface area contributed by atoms with Crippen LogP contribution in [0, 0.1) is 0 Å². The highest BCUT2D eigenvalue weighted by molar-refractivity contribution is 8.93. The van der Waals surface area contributed by atoms with Gasteiger partial charge < -0.3 is 20.6 Å². The summed E-state index contributed by atoms with van der Waals surface area (Å²) in [6.45, 7) is 2.56. The van der Waals surface area contributed by atoms with Gasteiger partial charge in [0.1, 0.15) is 11.5 Å². The van der Waals surface area contributed by atoms with Gasteiger partial charge in [-0.3, -0.25) is 0 Å². The van der Waals surface area contributed by atoms with Crippen molar-refractivity contribution < 1.29 is 15.3 Å². The number of aromatic hydroxyl groups is 2. The molecule has 0 aliphatic carbocycles. The Labute approximate surface area is 147 Å². The van der Waals surface area contributed by atoms with Crippen molar-refractivity contribution in [3.63, 3.8) is 0 Å². The summed E-state index contributed by atoms with van der Waals surface area (Å²) in [6, 6.07) is 14.1. The first-order chi connectivity index (χ1) is 10.5. The number of phenolic OH excluding ortho intramolecular Hbond substituents is 2. The minimum Gasteiger partial charge on any atom is -0.508 e. The lowest BCUT2D eigenvalue weighted by molar-refractivity contribution is 0.170. The first-order valence-corrected chi connectivity index (χ1v) is 7.53. The highest BCUT2D eigenvalue weighted by Crippen LogP contribution is 2.16. The van der Waals surface area contributed by atoms with E-state index in [4.69, 9.17) is 0 Å². The van der Waals surface area contributed by atoms with Gasteiger partial charge in [0.25, 0.3) is 0 Å². The molecule has 4 N–H and O–H groups in total. The fourth-order valence-electron chi connectivity index (χ4n) is 2.27. The van der Waals surface area contributed by atoms with Gasteiger partial charge in [0.2, 0.25) is 0 Å². The number of aryl methyl sites for hydroxylation is 1. The summed E-state index contributed by atoms with van der Waals surface area (Å²) >= 11 is 0. The van der Waals surface area contributed by atoms with Crippen LogP contribution in [0.1, 0.15) is 30.6 Å². The number of benzene rings is 2. The summed E-state index contributed by atoms with van der Waals surface area (Å²) in [5.74, 6) is 0.484. The van der Waals surface area contributed by atoms with E-state index in [-0.39, 0.29) is 34.5 Å². The Morgan fingerprint density at radius 1 is 0.913 bits per heavy atom. The number of aliphatic hydroxyl groups is 1. The Balaban J connectivity index is 0.00000264. The van der Waals surface area contributed by atoms with E-state index in [1.165, 1.54) is 5.56 Å². The third kappa shape index (κ3) is 6.60. The van der Waals surface area contributed by atoms with Gasteiger partial charge in [-0.1, -0.05) is 24.3 Å². The molecule has 0 amide bonds. The number of hydrogen-bond acceptors (Lipinski definition) is 4. The average Bonchev–Trinajstić information content (AvgIpc) is 2.52. The van der Waals surface area contributed by atoms with E-state index in [0.29, 0.717) is 6.54 Å². The number of aliphatic hydroxyl groups excluding tert-OH is 1. The Bertz CT molecular complexity index is 572. The van der Waals surface area contributed by atoms with E-state index in [1.54, 1.807) is 36.4 Å². The summed E-state index contributed by atoms with van der Waals surface area (Å²) in [4.78, 5) is 0. The molecule has 4 nitrogen and oxygen atoms in total. The zero-order valence-electron chi connectivity index (χ0n) is 13.1. The van der Waals surface area contributed by atoms with Crippen molar-refractivity contribution in [1.29, 1.82) is 0 Å². The van der Waals surface area contributed by atoms with Crippen LogP contribution in [0.4, 0.5) is 0 Å². The highest BCUT2D eigenvalue weighted by atomic mass is 79.9. The van der Waals surface area contributed by atoms with E-state index in [0.717, 1.165) is 18.4 Å². The molecule has 0 bridgehead atoms. The fourth-order valence-corrected chi connectivity index (χ4v) is 2.27. The van der Waals surface area contributed by atoms with Crippen LogP contribution in [0.3, 0.4) is 0 Å². The molecule has 5 heteroatoms. The lowest BCUT2D eigenvalue weighted by Crippen LogP contribution is -2.30. The molecule has 23 heavy (non-hydrogen) atoms. The van der Waals surface area contributed by atoms with E-state index in [9.17, 15) is 15.3 Å². The highest BCUT2D eigenvalue weighted by Gasteiger charge is 2.09. The maximum atomic E-state index is 10.1. The van der Waals surface area contributed by atoms with Crippen LogP contribution in [-0.2, 0) is 6.42 Å². The number of rotatable bonds is 7. The van der Waals surface area contributed by atoms with Gasteiger partial charge in [0.05, 0.1) is 6.10 Å². The molecule has 0 aromatic heterocycles. The molecule has 126 valence electrons. The van der Waals surface area contributed by atoms with Crippen LogP contribution in [-0.4, -0.2) is 27.9 Å². The third-order valence-electron chi connectivity index (χ3n) is 3.74. The maximum absolute atomic E-state index is 10.1. The minimum atomic E-state index is -0.586. The van der Waals surface area contributed by atoms with Crippen LogP contribution in [0.5, 0.6) is 11.5 Å². The molecule has 0 fully saturated rings. The van der Waals surface area contributed by atoms with Gasteiger partial charge in [-0.2, -0.15) is 0 Å². The second kappa shape index (κ2) is 9.55. The van der Waals surface area contributed by atoms with Gasteiger partial charge in [0.15, 0.2) is 0 Å². The molecule has 0 heterocycles. The van der Waals surface area contributed by atoms with E-state index in [2.05, 4.69) is 12.2 Å². The predicted molar refractivity (Wildman–Crippen MR) is 97.3 cm³/mol. The molecular formula is C18H24BrNO3. The molecule has 2 aromatic rings. The molecule has 0 aliphatic rings. The molecule has 2 atom stereocenters. The number of nitrogens with one attached hydrogen (secondary N) is 1. The molecule has 0 unspecified atom stereocenters. The smallest absolute Gasteiger partial charge is 0.115 e. The second-order valence-corrected chi connectivity index (χ2v) is 5.62. The van der Waals surface area contributed by atoms with E-state index >= 15 is 0 Å². The van der Waals surface area contributed by atoms with Crippen molar-refractivity contribution in [2.45, 2.75) is 31.9 Å². The first kappa shape index (κ1) is 19.5. The van der Waals surface area contributed by atoms with Crippen LogP contribution in [0.15, 0.2) is 48.5 Å². The Hall–Kier alpha value is -1.56. The quantitative estimate of drug-likeness (QED) is 0.593. The Morgan fingerprint density at radius 2 is 1.43 bits per heavy atom. The van der Waals surface area contributed by atoms with Crippen molar-refractivity contribution in [3.8, 4) is 11.5 Å². The van der Waals surface area contributed by atoms with E-state index in [1.807, 2.05) is 12.1 Å². The number of hydrogen-bond donors (Lipinski definition) is 4. The van der Waals surface area contributed by atoms with Crippen LogP contribution < -0.4 is 5.32 Å². The largest absolute Gasteiger partial charge is 0.508 e. The molecule has 0 saturated carbocycles. The summed E-state index contributed by atoms with van der Waals surface area (Å²) in [6.07, 6.45) is 1.29. The van der Waals surface area contributed by atoms with Crippen LogP contribution in [0.25, 0.3) is 0 Å². The van der Waals surface area contributed by atoms with E-state index < -0.39 is 6.10 Å². The zero-order chi connectivity index (χ0) is 15.9. The summed E-state index contributed by atoms with van der Waals surface area (Å²) < 4.78 is 0.